The van der Waals surface area contributed by atoms with Gasteiger partial charge in [-0.05, 0) is 48.5 Å². The normalized spacial score (nSPS) is 11.5. The zero-order valence-electron chi connectivity index (χ0n) is 21.3. The molecular formula is C30H17Br2ClN4O5. The van der Waals surface area contributed by atoms with Crippen LogP contribution in [0.2, 0.25) is 5.02 Å². The molecule has 12 heteroatoms. The van der Waals surface area contributed by atoms with Gasteiger partial charge in [0.2, 0.25) is 11.6 Å². The fraction of sp³-hybridized carbons (Fsp3) is 0.0333. The molecule has 6 rings (SSSR count). The van der Waals surface area contributed by atoms with E-state index >= 15 is 0 Å². The Morgan fingerprint density at radius 3 is 2.62 bits per heavy atom. The molecule has 0 radical (unpaired) electrons. The number of benzene rings is 4. The SMILES string of the molecule is O=c1c2ccccc2nc(-c2cc3cc(Br)ccc3o2)n1N=Cc1cc(Br)cc([N+](=O)[O-])c1OCc1ccccc1Cl. The van der Waals surface area contributed by atoms with Gasteiger partial charge in [-0.25, -0.2) is 4.98 Å². The number of para-hydroxylation sites is 1. The minimum absolute atomic E-state index is 0.0275. The van der Waals surface area contributed by atoms with Crippen LogP contribution in [0.3, 0.4) is 0 Å². The van der Waals surface area contributed by atoms with Crippen LogP contribution >= 0.6 is 43.5 Å². The molecule has 0 fully saturated rings. The Kier molecular flexibility index (Phi) is 7.63. The van der Waals surface area contributed by atoms with E-state index in [1.54, 1.807) is 66.7 Å². The van der Waals surface area contributed by atoms with Crippen molar-refractivity contribution < 1.29 is 14.1 Å². The number of aromatic nitrogens is 2. The summed E-state index contributed by atoms with van der Waals surface area (Å²) >= 11 is 13.1. The van der Waals surface area contributed by atoms with Crippen molar-refractivity contribution in [2.45, 2.75) is 6.61 Å². The van der Waals surface area contributed by atoms with E-state index in [9.17, 15) is 14.9 Å². The minimum Gasteiger partial charge on any atom is -0.481 e. The highest BCUT2D eigenvalue weighted by molar-refractivity contribution is 9.10. The Morgan fingerprint density at radius 2 is 1.81 bits per heavy atom. The molecule has 2 aromatic heterocycles. The van der Waals surface area contributed by atoms with E-state index in [-0.39, 0.29) is 29.4 Å². The molecule has 2 heterocycles. The van der Waals surface area contributed by atoms with Gasteiger partial charge in [-0.2, -0.15) is 9.78 Å². The van der Waals surface area contributed by atoms with Crippen molar-refractivity contribution in [3.05, 3.63) is 130 Å². The Labute approximate surface area is 259 Å². The molecule has 0 spiro atoms. The Morgan fingerprint density at radius 1 is 1.02 bits per heavy atom. The molecule has 0 atom stereocenters. The second-order valence-electron chi connectivity index (χ2n) is 9.09. The first kappa shape index (κ1) is 27.8. The summed E-state index contributed by atoms with van der Waals surface area (Å²) < 4.78 is 14.4. The van der Waals surface area contributed by atoms with E-state index in [0.29, 0.717) is 37.3 Å². The maximum Gasteiger partial charge on any atom is 0.312 e. The summed E-state index contributed by atoms with van der Waals surface area (Å²) in [6.07, 6.45) is 1.32. The number of halogens is 3. The van der Waals surface area contributed by atoms with Gasteiger partial charge < -0.3 is 9.15 Å². The quantitative estimate of drug-likeness (QED) is 0.0936. The van der Waals surface area contributed by atoms with Crippen molar-refractivity contribution in [3.8, 4) is 17.3 Å². The Hall–Kier alpha value is -4.32. The number of nitrogens with zero attached hydrogens (tertiary/aromatic N) is 4. The topological polar surface area (TPSA) is 113 Å². The van der Waals surface area contributed by atoms with Gasteiger partial charge in [0.25, 0.3) is 5.56 Å². The standard InChI is InChI=1S/C30H17Br2ClN4O5/c31-20-9-10-26-18(11-20)13-27(42-26)29-35-24-8-4-2-6-22(24)30(38)36(29)34-15-19-12-21(32)14-25(37(39)40)28(19)41-16-17-5-1-3-7-23(17)33/h1-15H,16H2. The average molecular weight is 709 g/mol. The highest BCUT2D eigenvalue weighted by Crippen LogP contribution is 2.35. The zero-order chi connectivity index (χ0) is 29.4. The van der Waals surface area contributed by atoms with E-state index in [1.165, 1.54) is 12.3 Å². The lowest BCUT2D eigenvalue weighted by atomic mass is 10.2. The van der Waals surface area contributed by atoms with Crippen molar-refractivity contribution in [1.29, 1.82) is 0 Å². The predicted octanol–water partition coefficient (Wildman–Crippen LogP) is 8.36. The lowest BCUT2D eigenvalue weighted by Gasteiger charge is -2.12. The van der Waals surface area contributed by atoms with Gasteiger partial charge >= 0.3 is 5.69 Å². The summed E-state index contributed by atoms with van der Waals surface area (Å²) in [7, 11) is 0. The van der Waals surface area contributed by atoms with Gasteiger partial charge in [-0.3, -0.25) is 14.9 Å². The van der Waals surface area contributed by atoms with Crippen LogP contribution in [-0.2, 0) is 6.61 Å². The van der Waals surface area contributed by atoms with E-state index in [4.69, 9.17) is 20.8 Å². The Balaban J connectivity index is 1.50. The van der Waals surface area contributed by atoms with Crippen LogP contribution < -0.4 is 10.3 Å². The molecule has 208 valence electrons. The third kappa shape index (κ3) is 5.46. The number of furan rings is 1. The summed E-state index contributed by atoms with van der Waals surface area (Å²) in [5.41, 5.74) is 1.23. The number of fused-ring (bicyclic) bond motifs is 2. The van der Waals surface area contributed by atoms with Crippen molar-refractivity contribution in [1.82, 2.24) is 9.66 Å². The number of nitro benzene ring substituents is 1. The highest BCUT2D eigenvalue weighted by atomic mass is 79.9. The smallest absolute Gasteiger partial charge is 0.312 e. The maximum atomic E-state index is 13.7. The Bertz CT molecular complexity index is 2110. The van der Waals surface area contributed by atoms with Crippen molar-refractivity contribution in [2.75, 3.05) is 0 Å². The van der Waals surface area contributed by atoms with Crippen LogP contribution in [0.25, 0.3) is 33.5 Å². The first-order valence-electron chi connectivity index (χ1n) is 12.4. The predicted molar refractivity (Wildman–Crippen MR) is 168 cm³/mol. The number of nitro groups is 1. The van der Waals surface area contributed by atoms with Gasteiger partial charge in [0, 0.05) is 36.5 Å². The molecule has 9 nitrogen and oxygen atoms in total. The molecule has 0 aliphatic heterocycles. The van der Waals surface area contributed by atoms with Crippen molar-refractivity contribution >= 4 is 77.2 Å². The first-order valence-corrected chi connectivity index (χ1v) is 14.3. The molecule has 0 aliphatic rings. The second kappa shape index (κ2) is 11.5. The number of ether oxygens (including phenoxy) is 1. The minimum atomic E-state index is -0.550. The molecule has 0 amide bonds. The van der Waals surface area contributed by atoms with Crippen LogP contribution in [0.5, 0.6) is 5.75 Å². The molecular weight excluding hydrogens is 692 g/mol. The summed E-state index contributed by atoms with van der Waals surface area (Å²) in [4.78, 5) is 29.8. The molecule has 0 N–H and O–H groups in total. The summed E-state index contributed by atoms with van der Waals surface area (Å²) in [6.45, 7) is -0.0275. The van der Waals surface area contributed by atoms with Gasteiger partial charge in [0.05, 0.1) is 22.0 Å². The fourth-order valence-corrected chi connectivity index (χ4v) is 5.42. The van der Waals surface area contributed by atoms with Gasteiger partial charge in [-0.15, -0.1) is 0 Å². The van der Waals surface area contributed by atoms with Crippen LogP contribution in [0, 0.1) is 10.1 Å². The molecule has 0 unspecified atom stereocenters. The second-order valence-corrected chi connectivity index (χ2v) is 11.3. The van der Waals surface area contributed by atoms with Crippen molar-refractivity contribution in [2.24, 2.45) is 5.10 Å². The third-order valence-electron chi connectivity index (χ3n) is 6.35. The third-order valence-corrected chi connectivity index (χ3v) is 7.67. The van der Waals surface area contributed by atoms with Gasteiger partial charge in [-0.1, -0.05) is 73.8 Å². The van der Waals surface area contributed by atoms with E-state index in [2.05, 4.69) is 41.9 Å². The molecule has 0 bridgehead atoms. The molecule has 0 saturated heterocycles. The highest BCUT2D eigenvalue weighted by Gasteiger charge is 2.22. The van der Waals surface area contributed by atoms with E-state index in [0.717, 1.165) is 14.5 Å². The van der Waals surface area contributed by atoms with E-state index < -0.39 is 10.5 Å². The average Bonchev–Trinajstić information content (AvgIpc) is 3.39. The van der Waals surface area contributed by atoms with Crippen LogP contribution in [0.15, 0.2) is 108 Å². The van der Waals surface area contributed by atoms with Crippen LogP contribution in [0.1, 0.15) is 11.1 Å². The lowest BCUT2D eigenvalue weighted by molar-refractivity contribution is -0.386. The van der Waals surface area contributed by atoms with Gasteiger partial charge in [0.1, 0.15) is 12.2 Å². The molecule has 0 aliphatic carbocycles. The molecule has 4 aromatic carbocycles. The van der Waals surface area contributed by atoms with Crippen LogP contribution in [0.4, 0.5) is 5.69 Å². The molecule has 42 heavy (non-hydrogen) atoms. The number of hydrogen-bond acceptors (Lipinski definition) is 7. The van der Waals surface area contributed by atoms with Gasteiger partial charge in [0.15, 0.2) is 5.76 Å². The summed E-state index contributed by atoms with van der Waals surface area (Å²) in [5.74, 6) is 0.438. The van der Waals surface area contributed by atoms with Crippen molar-refractivity contribution in [3.63, 3.8) is 0 Å². The number of rotatable bonds is 7. The summed E-state index contributed by atoms with van der Waals surface area (Å²) in [6, 6.07) is 24.2. The molecule has 0 saturated carbocycles. The monoisotopic (exact) mass is 706 g/mol. The lowest BCUT2D eigenvalue weighted by Crippen LogP contribution is -2.20. The number of hydrogen-bond donors (Lipinski definition) is 0. The molecule has 6 aromatic rings. The fourth-order valence-electron chi connectivity index (χ4n) is 4.39. The zero-order valence-corrected chi connectivity index (χ0v) is 25.3. The largest absolute Gasteiger partial charge is 0.481 e. The first-order chi connectivity index (χ1) is 20.3. The maximum absolute atomic E-state index is 13.7. The summed E-state index contributed by atoms with van der Waals surface area (Å²) in [5, 5.41) is 18.0. The van der Waals surface area contributed by atoms with E-state index in [1.807, 2.05) is 12.1 Å². The van der Waals surface area contributed by atoms with Crippen LogP contribution in [-0.4, -0.2) is 20.8 Å².